The zero-order valence-electron chi connectivity index (χ0n) is 15.4. The molecule has 0 aliphatic carbocycles. The first kappa shape index (κ1) is 18.2. The molecule has 2 aromatic rings. The lowest BCUT2D eigenvalue weighted by Crippen LogP contribution is -2.41. The number of benzene rings is 1. The van der Waals surface area contributed by atoms with Gasteiger partial charge in [-0.25, -0.2) is 4.39 Å². The van der Waals surface area contributed by atoms with Crippen LogP contribution in [0.15, 0.2) is 29.1 Å². The van der Waals surface area contributed by atoms with Gasteiger partial charge in [-0.05, 0) is 36.5 Å². The summed E-state index contributed by atoms with van der Waals surface area (Å²) in [4.78, 5) is 34.8. The number of nitriles is 1. The van der Waals surface area contributed by atoms with Crippen LogP contribution in [-0.4, -0.2) is 29.0 Å². The third kappa shape index (κ3) is 3.13. The molecule has 1 aromatic heterocycles. The van der Waals surface area contributed by atoms with Crippen molar-refractivity contribution in [2.24, 2.45) is 11.8 Å². The number of anilines is 2. The summed E-state index contributed by atoms with van der Waals surface area (Å²) >= 11 is 0. The quantitative estimate of drug-likeness (QED) is 0.832. The van der Waals surface area contributed by atoms with Crippen molar-refractivity contribution >= 4 is 17.7 Å². The van der Waals surface area contributed by atoms with E-state index in [-0.39, 0.29) is 11.4 Å². The minimum Gasteiger partial charge on any atom is -0.342 e. The van der Waals surface area contributed by atoms with Crippen molar-refractivity contribution in [3.8, 4) is 6.07 Å². The number of aromatic amines is 1. The Hall–Kier alpha value is -3.21. The number of carbonyl (C=O) groups excluding carboxylic acids is 1. The second kappa shape index (κ2) is 7.08. The monoisotopic (exact) mass is 381 g/mol. The molecule has 2 aliphatic heterocycles. The van der Waals surface area contributed by atoms with E-state index < -0.39 is 29.1 Å². The van der Waals surface area contributed by atoms with Crippen molar-refractivity contribution in [1.29, 1.82) is 5.26 Å². The molecule has 3 atom stereocenters. The largest absolute Gasteiger partial charge is 0.342 e. The van der Waals surface area contributed by atoms with Gasteiger partial charge in [-0.1, -0.05) is 19.1 Å². The van der Waals surface area contributed by atoms with Crippen LogP contribution in [0.1, 0.15) is 36.8 Å². The zero-order valence-corrected chi connectivity index (χ0v) is 15.4. The number of rotatable bonds is 2. The van der Waals surface area contributed by atoms with Crippen LogP contribution in [-0.2, 0) is 4.79 Å². The van der Waals surface area contributed by atoms with Crippen LogP contribution in [0.4, 0.5) is 16.2 Å². The maximum atomic E-state index is 13.3. The molecule has 8 heteroatoms. The van der Waals surface area contributed by atoms with Gasteiger partial charge >= 0.3 is 0 Å². The second-order valence-electron chi connectivity index (χ2n) is 7.47. The van der Waals surface area contributed by atoms with Crippen molar-refractivity contribution in [1.82, 2.24) is 9.97 Å². The summed E-state index contributed by atoms with van der Waals surface area (Å²) in [6, 6.07) is 7.46. The van der Waals surface area contributed by atoms with Gasteiger partial charge in [-0.3, -0.25) is 14.6 Å². The van der Waals surface area contributed by atoms with Crippen molar-refractivity contribution in [2.45, 2.75) is 25.7 Å². The van der Waals surface area contributed by atoms with Crippen molar-refractivity contribution in [3.63, 3.8) is 0 Å². The summed E-state index contributed by atoms with van der Waals surface area (Å²) in [6.07, 6.45) is 2.13. The molecular formula is C20H20FN5O2. The molecule has 2 aliphatic rings. The Labute approximate surface area is 161 Å². The van der Waals surface area contributed by atoms with E-state index >= 15 is 0 Å². The van der Waals surface area contributed by atoms with Crippen LogP contribution in [0.2, 0.25) is 0 Å². The van der Waals surface area contributed by atoms with Gasteiger partial charge in [0, 0.05) is 19.0 Å². The van der Waals surface area contributed by atoms with Gasteiger partial charge in [0.05, 0.1) is 11.6 Å². The molecule has 0 saturated carbocycles. The molecule has 1 fully saturated rings. The van der Waals surface area contributed by atoms with Gasteiger partial charge in [-0.15, -0.1) is 0 Å². The fourth-order valence-electron chi connectivity index (χ4n) is 4.06. The van der Waals surface area contributed by atoms with Crippen LogP contribution in [0.25, 0.3) is 0 Å². The topological polar surface area (TPSA) is 102 Å². The Morgan fingerprint density at radius 3 is 2.71 bits per heavy atom. The standard InChI is InChI=1S/C20H20FN5O2/c1-11-3-2-8-26(10-11)20-24-17-16(19(28)25-20)15(14(9-22)18(27)23-17)12-4-6-13(21)7-5-12/h4-7,11,14-15H,2-3,8,10H2,1H3,(H2,23,24,25,27,28)/t11-,14+,15+/m1/s1. The van der Waals surface area contributed by atoms with Crippen LogP contribution >= 0.6 is 0 Å². The third-order valence-electron chi connectivity index (χ3n) is 5.44. The molecule has 28 heavy (non-hydrogen) atoms. The van der Waals surface area contributed by atoms with Crippen LogP contribution in [0.3, 0.4) is 0 Å². The van der Waals surface area contributed by atoms with Crippen molar-refractivity contribution in [2.75, 3.05) is 23.3 Å². The number of nitrogens with zero attached hydrogens (tertiary/aromatic N) is 3. The first-order valence-corrected chi connectivity index (χ1v) is 9.33. The van der Waals surface area contributed by atoms with Gasteiger partial charge in [0.2, 0.25) is 11.9 Å². The minimum atomic E-state index is -1.10. The fraction of sp³-hybridized carbons (Fsp3) is 0.400. The van der Waals surface area contributed by atoms with Crippen molar-refractivity contribution in [3.05, 3.63) is 51.6 Å². The van der Waals surface area contributed by atoms with E-state index in [1.165, 1.54) is 24.3 Å². The van der Waals surface area contributed by atoms with Crippen molar-refractivity contribution < 1.29 is 9.18 Å². The lowest BCUT2D eigenvalue weighted by Gasteiger charge is -2.33. The second-order valence-corrected chi connectivity index (χ2v) is 7.47. The fourth-order valence-corrected chi connectivity index (χ4v) is 4.06. The number of amides is 1. The summed E-state index contributed by atoms with van der Waals surface area (Å²) in [5.74, 6) is -1.77. The molecule has 7 nitrogen and oxygen atoms in total. The summed E-state index contributed by atoms with van der Waals surface area (Å²) < 4.78 is 13.3. The van der Waals surface area contributed by atoms with E-state index in [1.807, 2.05) is 11.0 Å². The van der Waals surface area contributed by atoms with Gasteiger partial charge in [0.25, 0.3) is 5.56 Å². The highest BCUT2D eigenvalue weighted by molar-refractivity contribution is 5.97. The number of carbonyl (C=O) groups is 1. The number of fused-ring (bicyclic) bond motifs is 1. The number of hydrogen-bond acceptors (Lipinski definition) is 5. The maximum Gasteiger partial charge on any atom is 0.258 e. The third-order valence-corrected chi connectivity index (χ3v) is 5.44. The van der Waals surface area contributed by atoms with Gasteiger partial charge in [-0.2, -0.15) is 10.2 Å². The molecular weight excluding hydrogens is 361 g/mol. The number of piperidine rings is 1. The molecule has 1 aromatic carbocycles. The predicted molar refractivity (Wildman–Crippen MR) is 101 cm³/mol. The van der Waals surface area contributed by atoms with Crippen LogP contribution in [0.5, 0.6) is 0 Å². The zero-order chi connectivity index (χ0) is 19.8. The van der Waals surface area contributed by atoms with Crippen LogP contribution in [0, 0.1) is 29.0 Å². The SMILES string of the molecule is C[C@@H]1CCCN(c2nc3c(c(=O)[nH]2)[C@@H](c2ccc(F)cc2)[C@H](C#N)C(=O)N3)C1. The number of hydrogen-bond donors (Lipinski definition) is 2. The molecule has 1 amide bonds. The van der Waals surface area contributed by atoms with E-state index in [9.17, 15) is 19.2 Å². The lowest BCUT2D eigenvalue weighted by atomic mass is 9.79. The highest BCUT2D eigenvalue weighted by Gasteiger charge is 2.40. The predicted octanol–water partition coefficient (Wildman–Crippen LogP) is 2.37. The lowest BCUT2D eigenvalue weighted by molar-refractivity contribution is -0.119. The van der Waals surface area contributed by atoms with Gasteiger partial charge < -0.3 is 10.2 Å². The molecule has 0 radical (unpaired) electrons. The summed E-state index contributed by atoms with van der Waals surface area (Å²) in [7, 11) is 0. The Balaban J connectivity index is 1.82. The Kier molecular flexibility index (Phi) is 4.59. The smallest absolute Gasteiger partial charge is 0.258 e. The first-order chi connectivity index (χ1) is 13.5. The molecule has 0 unspecified atom stereocenters. The Bertz CT molecular complexity index is 1010. The molecule has 3 heterocycles. The van der Waals surface area contributed by atoms with Gasteiger partial charge in [0.1, 0.15) is 17.6 Å². The highest BCUT2D eigenvalue weighted by Crippen LogP contribution is 2.38. The summed E-state index contributed by atoms with van der Waals surface area (Å²) in [5, 5.41) is 12.1. The molecule has 2 N–H and O–H groups in total. The first-order valence-electron chi connectivity index (χ1n) is 9.33. The molecule has 4 rings (SSSR count). The Morgan fingerprint density at radius 1 is 1.29 bits per heavy atom. The minimum absolute atomic E-state index is 0.169. The van der Waals surface area contributed by atoms with E-state index in [4.69, 9.17) is 0 Å². The number of aromatic nitrogens is 2. The molecule has 0 bridgehead atoms. The summed E-state index contributed by atoms with van der Waals surface area (Å²) in [6.45, 7) is 3.70. The van der Waals surface area contributed by atoms with Gasteiger partial charge in [0.15, 0.2) is 0 Å². The Morgan fingerprint density at radius 2 is 2.04 bits per heavy atom. The number of nitrogens with one attached hydrogen (secondary N) is 2. The number of H-pyrrole nitrogens is 1. The van der Waals surface area contributed by atoms with E-state index in [2.05, 4.69) is 22.2 Å². The highest BCUT2D eigenvalue weighted by atomic mass is 19.1. The molecule has 144 valence electrons. The van der Waals surface area contributed by atoms with Crippen LogP contribution < -0.4 is 15.8 Å². The molecule has 1 saturated heterocycles. The maximum absolute atomic E-state index is 13.3. The van der Waals surface area contributed by atoms with E-state index in [1.54, 1.807) is 0 Å². The normalized spacial score (nSPS) is 24.2. The average molecular weight is 381 g/mol. The molecule has 0 spiro atoms. The van der Waals surface area contributed by atoms with E-state index in [0.29, 0.717) is 17.4 Å². The number of halogens is 1. The van der Waals surface area contributed by atoms with E-state index in [0.717, 1.165) is 25.9 Å². The average Bonchev–Trinajstić information content (AvgIpc) is 2.67. The summed E-state index contributed by atoms with van der Waals surface area (Å²) in [5.41, 5.74) is 0.357.